The minimum Gasteiger partial charge on any atom is -0.459 e. The van der Waals surface area contributed by atoms with E-state index in [1.54, 1.807) is 6.07 Å². The van der Waals surface area contributed by atoms with Crippen molar-refractivity contribution in [2.45, 2.75) is 37.8 Å². The molecule has 0 spiro atoms. The summed E-state index contributed by atoms with van der Waals surface area (Å²) in [7, 11) is 0. The zero-order chi connectivity index (χ0) is 22.0. The number of thioether (sulfide) groups is 1. The van der Waals surface area contributed by atoms with Gasteiger partial charge in [0.05, 0.1) is 17.1 Å². The van der Waals surface area contributed by atoms with Crippen LogP contribution in [0.2, 0.25) is 0 Å². The normalized spacial score (nSPS) is 11.2. The summed E-state index contributed by atoms with van der Waals surface area (Å²) in [5.74, 6) is 0.241. The molecule has 4 aromatic rings. The molecule has 0 radical (unpaired) electrons. The van der Waals surface area contributed by atoms with E-state index in [1.165, 1.54) is 28.7 Å². The molecule has 0 bridgehead atoms. The molecule has 31 heavy (non-hydrogen) atoms. The van der Waals surface area contributed by atoms with Gasteiger partial charge < -0.3 is 9.72 Å². The molecule has 0 amide bonds. The fourth-order valence-corrected chi connectivity index (χ4v) is 4.97. The Morgan fingerprint density at radius 3 is 2.71 bits per heavy atom. The van der Waals surface area contributed by atoms with Crippen molar-refractivity contribution in [3.8, 4) is 11.1 Å². The topological polar surface area (TPSA) is 72.0 Å². The van der Waals surface area contributed by atoms with Crippen molar-refractivity contribution >= 4 is 39.3 Å². The number of benzene rings is 2. The molecule has 0 aliphatic heterocycles. The van der Waals surface area contributed by atoms with Gasteiger partial charge in [-0.1, -0.05) is 53.7 Å². The summed E-state index contributed by atoms with van der Waals surface area (Å²) >= 11 is 2.90. The molecule has 2 aromatic carbocycles. The van der Waals surface area contributed by atoms with E-state index in [4.69, 9.17) is 4.74 Å². The number of fused-ring (bicyclic) bond motifs is 1. The fraction of sp³-hybridized carbons (Fsp3) is 0.208. The highest BCUT2D eigenvalue weighted by Gasteiger charge is 2.14. The number of aryl methyl sites for hydroxylation is 1. The van der Waals surface area contributed by atoms with Crippen LogP contribution in [0.15, 0.2) is 63.9 Å². The van der Waals surface area contributed by atoms with Crippen LogP contribution >= 0.6 is 23.1 Å². The summed E-state index contributed by atoms with van der Waals surface area (Å²) in [4.78, 5) is 33.2. The van der Waals surface area contributed by atoms with Crippen LogP contribution in [0.3, 0.4) is 0 Å². The molecule has 2 heterocycles. The Hall–Kier alpha value is -2.90. The lowest BCUT2D eigenvalue weighted by atomic mass is 10.1. The third kappa shape index (κ3) is 4.89. The van der Waals surface area contributed by atoms with Gasteiger partial charge in [-0.3, -0.25) is 4.79 Å². The zero-order valence-electron chi connectivity index (χ0n) is 17.5. The number of aromatic amines is 1. The van der Waals surface area contributed by atoms with Crippen LogP contribution in [0.5, 0.6) is 0 Å². The molecule has 7 heteroatoms. The van der Waals surface area contributed by atoms with E-state index in [2.05, 4.69) is 9.97 Å². The lowest BCUT2D eigenvalue weighted by Gasteiger charge is -2.09. The highest BCUT2D eigenvalue weighted by atomic mass is 32.2. The predicted molar refractivity (Wildman–Crippen MR) is 127 cm³/mol. The number of hydrogen-bond donors (Lipinski definition) is 1. The van der Waals surface area contributed by atoms with Gasteiger partial charge in [-0.15, -0.1) is 11.3 Å². The number of ether oxygens (including phenoxy) is 1. The molecule has 158 valence electrons. The largest absolute Gasteiger partial charge is 0.459 e. The van der Waals surface area contributed by atoms with Gasteiger partial charge in [-0.25, -0.2) is 9.78 Å². The van der Waals surface area contributed by atoms with Gasteiger partial charge >= 0.3 is 5.97 Å². The van der Waals surface area contributed by atoms with Crippen LogP contribution in [-0.2, 0) is 10.5 Å². The minimum atomic E-state index is -0.336. The monoisotopic (exact) mass is 450 g/mol. The lowest BCUT2D eigenvalue weighted by molar-refractivity contribution is 0.0378. The van der Waals surface area contributed by atoms with E-state index in [0.29, 0.717) is 21.9 Å². The Bertz CT molecular complexity index is 1290. The molecule has 5 nitrogen and oxygen atoms in total. The number of carbonyl (C=O) groups is 1. The fourth-order valence-electron chi connectivity index (χ4n) is 3.17. The van der Waals surface area contributed by atoms with Crippen LogP contribution in [0, 0.1) is 6.92 Å². The van der Waals surface area contributed by atoms with Crippen LogP contribution in [0.25, 0.3) is 21.3 Å². The zero-order valence-corrected chi connectivity index (χ0v) is 19.1. The van der Waals surface area contributed by atoms with Crippen molar-refractivity contribution in [2.75, 3.05) is 0 Å². The number of nitrogens with one attached hydrogen (secondary N) is 1. The number of aromatic nitrogens is 2. The quantitative estimate of drug-likeness (QED) is 0.228. The second-order valence-electron chi connectivity index (χ2n) is 7.51. The van der Waals surface area contributed by atoms with Gasteiger partial charge in [0.2, 0.25) is 0 Å². The first-order chi connectivity index (χ1) is 14.9. The highest BCUT2D eigenvalue weighted by molar-refractivity contribution is 7.98. The number of thiophene rings is 1. The second-order valence-corrected chi connectivity index (χ2v) is 9.33. The van der Waals surface area contributed by atoms with Crippen molar-refractivity contribution in [2.24, 2.45) is 0 Å². The SMILES string of the molecule is Cc1ccc(-c2csc3nc(SCc4cccc(C(=O)OC(C)C)c4)[nH]c(=O)c23)cc1. The third-order valence-electron chi connectivity index (χ3n) is 4.67. The molecule has 1 N–H and O–H groups in total. The van der Waals surface area contributed by atoms with E-state index in [0.717, 1.165) is 21.5 Å². The average Bonchev–Trinajstić information content (AvgIpc) is 3.17. The Kier molecular flexibility index (Phi) is 6.25. The van der Waals surface area contributed by atoms with Crippen molar-refractivity contribution in [1.29, 1.82) is 0 Å². The molecule has 0 unspecified atom stereocenters. The number of H-pyrrole nitrogens is 1. The molecule has 0 fully saturated rings. The summed E-state index contributed by atoms with van der Waals surface area (Å²) in [6.07, 6.45) is -0.165. The van der Waals surface area contributed by atoms with Crippen molar-refractivity contribution in [1.82, 2.24) is 9.97 Å². The van der Waals surface area contributed by atoms with Crippen molar-refractivity contribution in [3.05, 3.63) is 81.0 Å². The number of hydrogen-bond acceptors (Lipinski definition) is 6. The van der Waals surface area contributed by atoms with Crippen LogP contribution < -0.4 is 5.56 Å². The Morgan fingerprint density at radius 1 is 1.19 bits per heavy atom. The van der Waals surface area contributed by atoms with Crippen LogP contribution in [0.1, 0.15) is 35.3 Å². The van der Waals surface area contributed by atoms with E-state index < -0.39 is 0 Å². The minimum absolute atomic E-state index is 0.140. The molecular weight excluding hydrogens is 428 g/mol. The van der Waals surface area contributed by atoms with E-state index in [9.17, 15) is 9.59 Å². The second kappa shape index (κ2) is 9.08. The average molecular weight is 451 g/mol. The number of carbonyl (C=O) groups excluding carboxylic acids is 1. The maximum absolute atomic E-state index is 12.8. The molecule has 0 aliphatic carbocycles. The van der Waals surface area contributed by atoms with Gasteiger partial charge in [-0.05, 0) is 44.0 Å². The lowest BCUT2D eigenvalue weighted by Crippen LogP contribution is -2.11. The van der Waals surface area contributed by atoms with Gasteiger partial charge in [0, 0.05) is 16.7 Å². The van der Waals surface area contributed by atoms with Gasteiger partial charge in [0.25, 0.3) is 5.56 Å². The first kappa shape index (κ1) is 21.3. The number of nitrogens with zero attached hydrogens (tertiary/aromatic N) is 1. The van der Waals surface area contributed by atoms with Gasteiger partial charge in [0.1, 0.15) is 4.83 Å². The van der Waals surface area contributed by atoms with Crippen molar-refractivity contribution in [3.63, 3.8) is 0 Å². The predicted octanol–water partition coefficient (Wildman–Crippen LogP) is 5.82. The number of rotatable bonds is 6. The Morgan fingerprint density at radius 2 is 1.97 bits per heavy atom. The highest BCUT2D eigenvalue weighted by Crippen LogP contribution is 2.32. The third-order valence-corrected chi connectivity index (χ3v) is 6.48. The maximum atomic E-state index is 12.8. The summed E-state index contributed by atoms with van der Waals surface area (Å²) in [5, 5.41) is 3.16. The molecule has 0 saturated carbocycles. The molecule has 0 aliphatic rings. The summed E-state index contributed by atoms with van der Waals surface area (Å²) in [6, 6.07) is 15.5. The molecular formula is C24H22N2O3S2. The Balaban J connectivity index is 1.55. The van der Waals surface area contributed by atoms with Crippen molar-refractivity contribution < 1.29 is 9.53 Å². The summed E-state index contributed by atoms with van der Waals surface area (Å²) in [6.45, 7) is 5.69. The van der Waals surface area contributed by atoms with Gasteiger partial charge in [-0.2, -0.15) is 0 Å². The van der Waals surface area contributed by atoms with E-state index in [-0.39, 0.29) is 17.6 Å². The first-order valence-corrected chi connectivity index (χ1v) is 11.8. The molecule has 0 saturated heterocycles. The van der Waals surface area contributed by atoms with Crippen LogP contribution in [0.4, 0.5) is 0 Å². The van der Waals surface area contributed by atoms with E-state index >= 15 is 0 Å². The molecule has 2 aromatic heterocycles. The molecule has 4 rings (SSSR count). The van der Waals surface area contributed by atoms with E-state index in [1.807, 2.05) is 68.6 Å². The van der Waals surface area contributed by atoms with Gasteiger partial charge in [0.15, 0.2) is 5.16 Å². The molecule has 0 atom stereocenters. The summed E-state index contributed by atoms with van der Waals surface area (Å²) < 4.78 is 5.26. The maximum Gasteiger partial charge on any atom is 0.338 e. The van der Waals surface area contributed by atoms with Crippen LogP contribution in [-0.4, -0.2) is 22.0 Å². The summed E-state index contributed by atoms with van der Waals surface area (Å²) in [5.41, 5.74) is 4.42. The first-order valence-electron chi connectivity index (χ1n) is 9.92. The standard InChI is InChI=1S/C24H22N2O3S2/c1-14(2)29-23(28)18-6-4-5-16(11-18)12-31-24-25-21(27)20-19(13-30-22(20)26-24)17-9-7-15(3)8-10-17/h4-11,13-14H,12H2,1-3H3,(H,25,26,27). The number of esters is 1. The Labute approximate surface area is 188 Å². The smallest absolute Gasteiger partial charge is 0.338 e.